The van der Waals surface area contributed by atoms with Crippen LogP contribution in [0.2, 0.25) is 0 Å². The van der Waals surface area contributed by atoms with Crippen molar-refractivity contribution in [1.82, 2.24) is 0 Å². The Morgan fingerprint density at radius 1 is 0.900 bits per heavy atom. The third kappa shape index (κ3) is 2.91. The number of hydrogen-bond acceptors (Lipinski definition) is 2. The van der Waals surface area contributed by atoms with E-state index in [1.165, 1.54) is 29.1 Å². The molecular formula is C18H20S2. The van der Waals surface area contributed by atoms with Gasteiger partial charge < -0.3 is 0 Å². The molecule has 20 heavy (non-hydrogen) atoms. The van der Waals surface area contributed by atoms with Gasteiger partial charge >= 0.3 is 0 Å². The molecule has 0 heterocycles. The van der Waals surface area contributed by atoms with Crippen LogP contribution in [0.1, 0.15) is 26.2 Å². The van der Waals surface area contributed by atoms with Crippen molar-refractivity contribution in [2.24, 2.45) is 5.92 Å². The fourth-order valence-electron chi connectivity index (χ4n) is 2.76. The first-order chi connectivity index (χ1) is 9.82. The van der Waals surface area contributed by atoms with Gasteiger partial charge in [-0.25, -0.2) is 0 Å². The van der Waals surface area contributed by atoms with Crippen LogP contribution in [-0.2, 0) is 0 Å². The minimum Gasteiger partial charge on any atom is -0.108 e. The molecule has 1 aliphatic rings. The number of thioether (sulfide) groups is 2. The summed E-state index contributed by atoms with van der Waals surface area (Å²) < 4.78 is 0.331. The van der Waals surface area contributed by atoms with Crippen LogP contribution in [0.5, 0.6) is 0 Å². The lowest BCUT2D eigenvalue weighted by Crippen LogP contribution is -2.40. The predicted molar refractivity (Wildman–Crippen MR) is 90.3 cm³/mol. The molecule has 0 N–H and O–H groups in total. The third-order valence-electron chi connectivity index (χ3n) is 4.02. The van der Waals surface area contributed by atoms with Crippen LogP contribution >= 0.6 is 23.5 Å². The third-order valence-corrected chi connectivity index (χ3v) is 7.31. The van der Waals surface area contributed by atoms with Gasteiger partial charge in [0.2, 0.25) is 0 Å². The Hall–Kier alpha value is -0.860. The molecule has 0 bridgehead atoms. The molecule has 0 saturated heterocycles. The minimum absolute atomic E-state index is 0.331. The molecule has 104 valence electrons. The Kier molecular flexibility index (Phi) is 4.42. The van der Waals surface area contributed by atoms with Crippen molar-refractivity contribution >= 4 is 23.5 Å². The maximum absolute atomic E-state index is 2.33. The minimum atomic E-state index is 0.331. The quantitative estimate of drug-likeness (QED) is 0.613. The predicted octanol–water partition coefficient (Wildman–Crippen LogP) is 6.09. The molecule has 3 rings (SSSR count). The monoisotopic (exact) mass is 300 g/mol. The summed E-state index contributed by atoms with van der Waals surface area (Å²) in [6.07, 6.45) is 3.96. The lowest BCUT2D eigenvalue weighted by atomic mass is 9.82. The number of benzene rings is 2. The fraction of sp³-hybridized carbons (Fsp3) is 0.333. The molecule has 2 aromatic carbocycles. The van der Waals surface area contributed by atoms with Gasteiger partial charge in [0.25, 0.3) is 0 Å². The molecule has 1 saturated carbocycles. The Labute approximate surface area is 130 Å². The van der Waals surface area contributed by atoms with Gasteiger partial charge in [-0.2, -0.15) is 0 Å². The number of hydrogen-bond donors (Lipinski definition) is 0. The second kappa shape index (κ2) is 6.28. The maximum atomic E-state index is 2.33. The van der Waals surface area contributed by atoms with Crippen LogP contribution in [-0.4, -0.2) is 4.08 Å². The largest absolute Gasteiger partial charge is 0.108 e. The lowest BCUT2D eigenvalue weighted by Gasteiger charge is -2.48. The van der Waals surface area contributed by atoms with Crippen LogP contribution in [0.25, 0.3) is 0 Å². The van der Waals surface area contributed by atoms with Crippen molar-refractivity contribution in [3.8, 4) is 0 Å². The van der Waals surface area contributed by atoms with Gasteiger partial charge in [0.05, 0.1) is 4.08 Å². The molecular weight excluding hydrogens is 280 g/mol. The van der Waals surface area contributed by atoms with Gasteiger partial charge in [0.1, 0.15) is 0 Å². The van der Waals surface area contributed by atoms with E-state index in [1.54, 1.807) is 0 Å². The smallest absolute Gasteiger partial charge is 0.0733 e. The first-order valence-electron chi connectivity index (χ1n) is 7.30. The van der Waals surface area contributed by atoms with Crippen molar-refractivity contribution in [1.29, 1.82) is 0 Å². The molecule has 0 radical (unpaired) electrons. The molecule has 1 fully saturated rings. The van der Waals surface area contributed by atoms with E-state index < -0.39 is 0 Å². The zero-order valence-corrected chi connectivity index (χ0v) is 13.4. The Morgan fingerprint density at radius 3 is 1.75 bits per heavy atom. The van der Waals surface area contributed by atoms with Gasteiger partial charge in [-0.05, 0) is 43.0 Å². The highest BCUT2D eigenvalue weighted by Gasteiger charge is 2.47. The number of rotatable bonds is 5. The van der Waals surface area contributed by atoms with Gasteiger partial charge in [-0.1, -0.05) is 49.7 Å². The summed E-state index contributed by atoms with van der Waals surface area (Å²) in [5, 5.41) is 0. The molecule has 0 nitrogen and oxygen atoms in total. The maximum Gasteiger partial charge on any atom is 0.0733 e. The summed E-state index contributed by atoms with van der Waals surface area (Å²) in [7, 11) is 0. The first-order valence-corrected chi connectivity index (χ1v) is 8.94. The van der Waals surface area contributed by atoms with E-state index in [2.05, 4.69) is 91.1 Å². The Bertz CT molecular complexity index is 492. The standard InChI is InChI=1S/C18H20S2/c1-2-15-13-14-18(15,19-16-9-5-3-6-10-16)20-17-11-7-4-8-12-17/h3-12,15H,2,13-14H2,1H3. The molecule has 2 aromatic rings. The van der Waals surface area contributed by atoms with Crippen LogP contribution in [0.15, 0.2) is 70.5 Å². The average molecular weight is 300 g/mol. The van der Waals surface area contributed by atoms with Crippen molar-refractivity contribution in [3.05, 3.63) is 60.7 Å². The highest BCUT2D eigenvalue weighted by molar-refractivity contribution is 8.18. The summed E-state index contributed by atoms with van der Waals surface area (Å²) in [6, 6.07) is 21.7. The second-order valence-corrected chi connectivity index (χ2v) is 8.35. The van der Waals surface area contributed by atoms with Crippen molar-refractivity contribution in [2.75, 3.05) is 0 Å². The SMILES string of the molecule is CCC1CCC1(Sc1ccccc1)Sc1ccccc1. The lowest BCUT2D eigenvalue weighted by molar-refractivity contribution is 0.293. The topological polar surface area (TPSA) is 0 Å². The molecule has 1 atom stereocenters. The summed E-state index contributed by atoms with van der Waals surface area (Å²) in [5.74, 6) is 0.818. The zero-order chi connectivity index (χ0) is 13.8. The van der Waals surface area contributed by atoms with Gasteiger partial charge in [0, 0.05) is 9.79 Å². The second-order valence-electron chi connectivity index (χ2n) is 5.29. The van der Waals surface area contributed by atoms with E-state index in [0.29, 0.717) is 4.08 Å². The summed E-state index contributed by atoms with van der Waals surface area (Å²) in [4.78, 5) is 2.79. The van der Waals surface area contributed by atoms with Crippen LogP contribution in [0.3, 0.4) is 0 Å². The Balaban J connectivity index is 1.82. The van der Waals surface area contributed by atoms with Crippen molar-refractivity contribution in [3.63, 3.8) is 0 Å². The fourth-order valence-corrected chi connectivity index (χ4v) is 6.24. The molecule has 2 heteroatoms. The van der Waals surface area contributed by atoms with Crippen molar-refractivity contribution < 1.29 is 0 Å². The normalized spacial score (nSPS) is 20.4. The van der Waals surface area contributed by atoms with Crippen LogP contribution in [0, 0.1) is 5.92 Å². The van der Waals surface area contributed by atoms with E-state index in [-0.39, 0.29) is 0 Å². The summed E-state index contributed by atoms with van der Waals surface area (Å²) in [6.45, 7) is 2.33. The van der Waals surface area contributed by atoms with E-state index >= 15 is 0 Å². The molecule has 0 amide bonds. The van der Waals surface area contributed by atoms with E-state index in [1.807, 2.05) is 0 Å². The zero-order valence-electron chi connectivity index (χ0n) is 11.8. The highest BCUT2D eigenvalue weighted by atomic mass is 32.2. The molecule has 1 unspecified atom stereocenters. The van der Waals surface area contributed by atoms with E-state index in [9.17, 15) is 0 Å². The van der Waals surface area contributed by atoms with E-state index in [4.69, 9.17) is 0 Å². The van der Waals surface area contributed by atoms with Gasteiger partial charge in [-0.15, -0.1) is 23.5 Å². The van der Waals surface area contributed by atoms with E-state index in [0.717, 1.165) is 5.92 Å². The van der Waals surface area contributed by atoms with Gasteiger partial charge in [0.15, 0.2) is 0 Å². The highest BCUT2D eigenvalue weighted by Crippen LogP contribution is 2.61. The molecule has 1 aliphatic carbocycles. The summed E-state index contributed by atoms with van der Waals surface area (Å²) in [5.41, 5.74) is 0. The van der Waals surface area contributed by atoms with Crippen molar-refractivity contribution in [2.45, 2.75) is 40.1 Å². The molecule has 0 aliphatic heterocycles. The Morgan fingerprint density at radius 2 is 1.40 bits per heavy atom. The average Bonchev–Trinajstić information content (AvgIpc) is 2.48. The van der Waals surface area contributed by atoms with Gasteiger partial charge in [-0.3, -0.25) is 0 Å². The molecule has 0 aromatic heterocycles. The summed E-state index contributed by atoms with van der Waals surface area (Å²) >= 11 is 4.14. The molecule has 0 spiro atoms. The van der Waals surface area contributed by atoms with Crippen LogP contribution < -0.4 is 0 Å². The van der Waals surface area contributed by atoms with Crippen LogP contribution in [0.4, 0.5) is 0 Å². The first kappa shape index (κ1) is 14.1.